The maximum absolute atomic E-state index is 12.5. The fourth-order valence-electron chi connectivity index (χ4n) is 1.95. The minimum absolute atomic E-state index is 0.169. The number of halogens is 1. The Balaban J connectivity index is 2.94. The van der Waals surface area contributed by atoms with Crippen LogP contribution >= 0.6 is 27.3 Å². The lowest BCUT2D eigenvalue weighted by molar-refractivity contribution is 0.602. The molecular weight excluding hydrogens is 348 g/mol. The summed E-state index contributed by atoms with van der Waals surface area (Å²) in [6.07, 6.45) is 2.38. The van der Waals surface area contributed by atoms with Crippen LogP contribution in [0, 0.1) is 0 Å². The zero-order valence-corrected chi connectivity index (χ0v) is 13.8. The van der Waals surface area contributed by atoms with Gasteiger partial charge in [-0.05, 0) is 24.6 Å². The van der Waals surface area contributed by atoms with Crippen molar-refractivity contribution in [1.29, 1.82) is 0 Å². The summed E-state index contributed by atoms with van der Waals surface area (Å²) in [5.74, 6) is 0. The number of rotatable bonds is 3. The smallest absolute Gasteiger partial charge is 0.192 e. The molecular formula is C13H13BrO3S2. The number of hydrogen-bond acceptors (Lipinski definition) is 4. The van der Waals surface area contributed by atoms with Gasteiger partial charge in [0.1, 0.15) is 4.21 Å². The van der Waals surface area contributed by atoms with E-state index in [0.717, 1.165) is 17.1 Å². The van der Waals surface area contributed by atoms with E-state index in [4.69, 9.17) is 0 Å². The van der Waals surface area contributed by atoms with E-state index in [1.54, 1.807) is 12.1 Å². The van der Waals surface area contributed by atoms with Gasteiger partial charge in [0.15, 0.2) is 15.3 Å². The molecule has 2 rings (SSSR count). The molecule has 0 radical (unpaired) electrons. The van der Waals surface area contributed by atoms with Gasteiger partial charge in [0.05, 0.1) is 0 Å². The Morgan fingerprint density at radius 1 is 1.32 bits per heavy atom. The molecule has 19 heavy (non-hydrogen) atoms. The van der Waals surface area contributed by atoms with Crippen molar-refractivity contribution in [2.24, 2.45) is 0 Å². The third kappa shape index (κ3) is 2.90. The maximum Gasteiger partial charge on any atom is 0.192 e. The first kappa shape index (κ1) is 14.7. The van der Waals surface area contributed by atoms with E-state index in [2.05, 4.69) is 15.9 Å². The Kier molecular flexibility index (Phi) is 4.13. The molecule has 1 aromatic carbocycles. The normalized spacial score (nSPS) is 11.9. The summed E-state index contributed by atoms with van der Waals surface area (Å²) in [5, 5.41) is 0.579. The molecule has 1 heterocycles. The molecule has 0 amide bonds. The Morgan fingerprint density at radius 3 is 2.58 bits per heavy atom. The van der Waals surface area contributed by atoms with E-state index in [0.29, 0.717) is 22.1 Å². The summed E-state index contributed by atoms with van der Waals surface area (Å²) < 4.78 is 25.4. The predicted molar refractivity (Wildman–Crippen MR) is 82.9 cm³/mol. The van der Waals surface area contributed by atoms with E-state index in [-0.39, 0.29) is 9.64 Å². The summed E-state index contributed by atoms with van der Waals surface area (Å²) in [5.41, 5.74) is 0.248. The van der Waals surface area contributed by atoms with Gasteiger partial charge < -0.3 is 0 Å². The lowest BCUT2D eigenvalue weighted by atomic mass is 10.1. The minimum Gasteiger partial charge on any atom is -0.289 e. The molecule has 0 aliphatic heterocycles. The fraction of sp³-hybridized carbons (Fsp3) is 0.308. The third-order valence-electron chi connectivity index (χ3n) is 2.75. The van der Waals surface area contributed by atoms with Gasteiger partial charge in [-0.3, -0.25) is 4.79 Å². The molecule has 0 bridgehead atoms. The Morgan fingerprint density at radius 2 is 2.00 bits per heavy atom. The number of sulfone groups is 1. The van der Waals surface area contributed by atoms with Crippen molar-refractivity contribution >= 4 is 47.2 Å². The molecule has 2 aromatic rings. The number of fused-ring (bicyclic) bond motifs is 1. The van der Waals surface area contributed by atoms with Crippen molar-refractivity contribution in [2.75, 3.05) is 6.26 Å². The third-order valence-corrected chi connectivity index (χ3v) is 6.33. The highest BCUT2D eigenvalue weighted by Gasteiger charge is 2.19. The number of benzene rings is 1. The van der Waals surface area contributed by atoms with E-state index in [1.165, 1.54) is 11.3 Å². The van der Waals surface area contributed by atoms with Crippen LogP contribution in [0.15, 0.2) is 31.7 Å². The Hall–Kier alpha value is -0.720. The van der Waals surface area contributed by atoms with Gasteiger partial charge in [0.25, 0.3) is 0 Å². The van der Waals surface area contributed by atoms with E-state index < -0.39 is 9.84 Å². The Bertz CT molecular complexity index is 791. The lowest BCUT2D eigenvalue weighted by Gasteiger charge is -2.08. The van der Waals surface area contributed by atoms with E-state index in [9.17, 15) is 13.2 Å². The standard InChI is InChI=1S/C13H13BrO3S2/c1-3-4-9-12(15)10-7-8(14)5-6-11(10)18-13(9)19(2,16)17/h5-7H,3-4H2,1-2H3. The molecule has 0 aliphatic carbocycles. The van der Waals surface area contributed by atoms with Crippen LogP contribution in [-0.2, 0) is 16.3 Å². The van der Waals surface area contributed by atoms with Crippen molar-refractivity contribution in [3.8, 4) is 0 Å². The molecule has 1 aromatic heterocycles. The highest BCUT2D eigenvalue weighted by atomic mass is 79.9. The molecule has 0 atom stereocenters. The Labute approximate surface area is 124 Å². The number of hydrogen-bond donors (Lipinski definition) is 0. The zero-order valence-electron chi connectivity index (χ0n) is 10.6. The van der Waals surface area contributed by atoms with Crippen LogP contribution in [0.1, 0.15) is 18.9 Å². The first-order valence-corrected chi connectivity index (χ1v) is 9.30. The molecule has 6 heteroatoms. The molecule has 102 valence electrons. The van der Waals surface area contributed by atoms with Crippen LogP contribution < -0.4 is 5.43 Å². The average molecular weight is 361 g/mol. The largest absolute Gasteiger partial charge is 0.289 e. The zero-order chi connectivity index (χ0) is 14.2. The second-order valence-electron chi connectivity index (χ2n) is 4.36. The van der Waals surface area contributed by atoms with E-state index >= 15 is 0 Å². The summed E-state index contributed by atoms with van der Waals surface area (Å²) in [4.78, 5) is 12.5. The SMILES string of the molecule is CCCc1c(S(C)(=O)=O)sc2ccc(Br)cc2c1=O. The van der Waals surface area contributed by atoms with Crippen molar-refractivity contribution in [2.45, 2.75) is 24.0 Å². The minimum atomic E-state index is -3.37. The van der Waals surface area contributed by atoms with Crippen LogP contribution in [0.5, 0.6) is 0 Å². The summed E-state index contributed by atoms with van der Waals surface area (Å²) in [6.45, 7) is 1.93. The van der Waals surface area contributed by atoms with Crippen LogP contribution in [-0.4, -0.2) is 14.7 Å². The first-order chi connectivity index (χ1) is 8.84. The molecule has 0 saturated carbocycles. The molecule has 0 fully saturated rings. The fourth-order valence-corrected chi connectivity index (χ4v) is 4.74. The van der Waals surface area contributed by atoms with Gasteiger partial charge in [-0.1, -0.05) is 29.3 Å². The predicted octanol–water partition coefficient (Wildman–Crippen LogP) is 3.38. The molecule has 3 nitrogen and oxygen atoms in total. The van der Waals surface area contributed by atoms with E-state index in [1.807, 2.05) is 13.0 Å². The van der Waals surface area contributed by atoms with Gasteiger partial charge in [0, 0.05) is 26.4 Å². The topological polar surface area (TPSA) is 51.2 Å². The summed E-state index contributed by atoms with van der Waals surface area (Å²) >= 11 is 4.51. The summed E-state index contributed by atoms with van der Waals surface area (Å²) in [6, 6.07) is 5.33. The van der Waals surface area contributed by atoms with Crippen molar-refractivity contribution in [3.63, 3.8) is 0 Å². The second kappa shape index (κ2) is 5.34. The van der Waals surface area contributed by atoms with Gasteiger partial charge in [-0.25, -0.2) is 8.42 Å². The highest BCUT2D eigenvalue weighted by Crippen LogP contribution is 2.28. The van der Waals surface area contributed by atoms with Gasteiger partial charge in [-0.2, -0.15) is 0 Å². The molecule has 0 N–H and O–H groups in total. The van der Waals surface area contributed by atoms with Gasteiger partial charge in [-0.15, -0.1) is 11.3 Å². The molecule has 0 saturated heterocycles. The lowest BCUT2D eigenvalue weighted by Crippen LogP contribution is -2.14. The highest BCUT2D eigenvalue weighted by molar-refractivity contribution is 9.10. The average Bonchev–Trinajstić information content (AvgIpc) is 2.32. The van der Waals surface area contributed by atoms with Crippen LogP contribution in [0.3, 0.4) is 0 Å². The maximum atomic E-state index is 12.5. The quantitative estimate of drug-likeness (QED) is 0.842. The van der Waals surface area contributed by atoms with Crippen molar-refractivity contribution in [3.05, 3.63) is 38.5 Å². The molecule has 0 aliphatic rings. The van der Waals surface area contributed by atoms with Crippen LogP contribution in [0.4, 0.5) is 0 Å². The monoisotopic (exact) mass is 360 g/mol. The van der Waals surface area contributed by atoms with Gasteiger partial charge in [0.2, 0.25) is 0 Å². The van der Waals surface area contributed by atoms with Crippen LogP contribution in [0.2, 0.25) is 0 Å². The molecule has 0 spiro atoms. The van der Waals surface area contributed by atoms with Gasteiger partial charge >= 0.3 is 0 Å². The van der Waals surface area contributed by atoms with Crippen LogP contribution in [0.25, 0.3) is 10.1 Å². The summed E-state index contributed by atoms with van der Waals surface area (Å²) in [7, 11) is -3.37. The van der Waals surface area contributed by atoms with Crippen molar-refractivity contribution in [1.82, 2.24) is 0 Å². The first-order valence-electron chi connectivity index (χ1n) is 5.80. The van der Waals surface area contributed by atoms with Crippen molar-refractivity contribution < 1.29 is 8.42 Å². The second-order valence-corrected chi connectivity index (χ2v) is 8.54. The molecule has 0 unspecified atom stereocenters.